The minimum atomic E-state index is -0.377. The SMILES string of the molecule is COCCN(CC(=O)Nc1nc(CC(=O)N2CCc3ccccc3C2)cs1)C(=O)c1ccc(OC)cc1. The van der Waals surface area contributed by atoms with Gasteiger partial charge in [-0.15, -0.1) is 11.3 Å². The number of hydrogen-bond acceptors (Lipinski definition) is 7. The van der Waals surface area contributed by atoms with Crippen LogP contribution in [0.4, 0.5) is 5.13 Å². The molecule has 0 saturated carbocycles. The van der Waals surface area contributed by atoms with Crippen molar-refractivity contribution in [1.82, 2.24) is 14.8 Å². The fourth-order valence-electron chi connectivity index (χ4n) is 4.12. The summed E-state index contributed by atoms with van der Waals surface area (Å²) in [7, 11) is 3.09. The molecule has 194 valence electrons. The number of hydrogen-bond donors (Lipinski definition) is 1. The Balaban J connectivity index is 1.32. The summed E-state index contributed by atoms with van der Waals surface area (Å²) in [6.07, 6.45) is 1.01. The van der Waals surface area contributed by atoms with Gasteiger partial charge in [0, 0.05) is 37.7 Å². The molecule has 4 rings (SSSR count). The number of rotatable bonds is 10. The summed E-state index contributed by atoms with van der Waals surface area (Å²) < 4.78 is 10.3. The first-order chi connectivity index (χ1) is 18.0. The second kappa shape index (κ2) is 12.5. The Kier molecular flexibility index (Phi) is 8.86. The van der Waals surface area contributed by atoms with Gasteiger partial charge in [-0.2, -0.15) is 0 Å². The number of methoxy groups -OCH3 is 2. The van der Waals surface area contributed by atoms with Crippen molar-refractivity contribution in [2.75, 3.05) is 45.8 Å². The molecule has 0 aliphatic carbocycles. The first kappa shape index (κ1) is 26.3. The number of amides is 3. The molecule has 1 aliphatic heterocycles. The number of thiazole rings is 1. The summed E-state index contributed by atoms with van der Waals surface area (Å²) in [4.78, 5) is 46.3. The van der Waals surface area contributed by atoms with Crippen molar-refractivity contribution in [3.8, 4) is 5.75 Å². The largest absolute Gasteiger partial charge is 0.497 e. The zero-order valence-electron chi connectivity index (χ0n) is 20.9. The van der Waals surface area contributed by atoms with Gasteiger partial charge in [0.15, 0.2) is 5.13 Å². The fraction of sp³-hybridized carbons (Fsp3) is 0.333. The Labute approximate surface area is 220 Å². The zero-order valence-corrected chi connectivity index (χ0v) is 21.8. The number of fused-ring (bicyclic) bond motifs is 1. The number of carbonyl (C=O) groups is 3. The summed E-state index contributed by atoms with van der Waals surface area (Å²) in [5.74, 6) is -0.0180. The lowest BCUT2D eigenvalue weighted by atomic mass is 10.00. The van der Waals surface area contributed by atoms with Crippen LogP contribution in [-0.2, 0) is 33.7 Å². The Bertz CT molecular complexity index is 1240. The van der Waals surface area contributed by atoms with E-state index in [4.69, 9.17) is 9.47 Å². The van der Waals surface area contributed by atoms with Gasteiger partial charge in [-0.25, -0.2) is 4.98 Å². The van der Waals surface area contributed by atoms with Crippen LogP contribution in [0.15, 0.2) is 53.9 Å². The molecule has 1 aliphatic rings. The minimum absolute atomic E-state index is 0.00788. The minimum Gasteiger partial charge on any atom is -0.497 e. The molecule has 1 N–H and O–H groups in total. The van der Waals surface area contributed by atoms with E-state index in [-0.39, 0.29) is 37.2 Å². The van der Waals surface area contributed by atoms with Crippen LogP contribution in [-0.4, -0.2) is 73.0 Å². The van der Waals surface area contributed by atoms with Crippen LogP contribution in [0.1, 0.15) is 27.2 Å². The number of nitrogens with one attached hydrogen (secondary N) is 1. The van der Waals surface area contributed by atoms with E-state index in [0.717, 1.165) is 6.42 Å². The van der Waals surface area contributed by atoms with E-state index < -0.39 is 0 Å². The van der Waals surface area contributed by atoms with Gasteiger partial charge in [0.05, 0.1) is 25.8 Å². The number of anilines is 1. The molecule has 2 aromatic carbocycles. The lowest BCUT2D eigenvalue weighted by Crippen LogP contribution is -2.40. The average molecular weight is 523 g/mol. The molecule has 0 bridgehead atoms. The average Bonchev–Trinajstić information content (AvgIpc) is 3.36. The Morgan fingerprint density at radius 2 is 1.84 bits per heavy atom. The standard InChI is InChI=1S/C27H30N4O5S/c1-35-14-13-31(26(34)20-7-9-23(36-2)10-8-20)17-24(32)29-27-28-22(18-37-27)15-25(33)30-12-11-19-5-3-4-6-21(19)16-30/h3-10,18H,11-17H2,1-2H3,(H,28,29,32). The van der Waals surface area contributed by atoms with Crippen LogP contribution in [0.25, 0.3) is 0 Å². The van der Waals surface area contributed by atoms with Gasteiger partial charge in [-0.05, 0) is 41.8 Å². The molecule has 0 spiro atoms. The summed E-state index contributed by atoms with van der Waals surface area (Å²) in [6, 6.07) is 14.9. The number of carbonyl (C=O) groups excluding carboxylic acids is 3. The smallest absolute Gasteiger partial charge is 0.254 e. The fourth-order valence-corrected chi connectivity index (χ4v) is 4.85. The third-order valence-corrected chi connectivity index (χ3v) is 6.94. The summed E-state index contributed by atoms with van der Waals surface area (Å²) in [5, 5.41) is 4.91. The second-order valence-electron chi connectivity index (χ2n) is 8.65. The lowest BCUT2D eigenvalue weighted by molar-refractivity contribution is -0.131. The Hall–Kier alpha value is -3.76. The van der Waals surface area contributed by atoms with Crippen molar-refractivity contribution in [2.45, 2.75) is 19.4 Å². The van der Waals surface area contributed by atoms with Crippen molar-refractivity contribution < 1.29 is 23.9 Å². The monoisotopic (exact) mass is 522 g/mol. The first-order valence-electron chi connectivity index (χ1n) is 12.0. The number of nitrogens with zero attached hydrogens (tertiary/aromatic N) is 3. The molecular weight excluding hydrogens is 492 g/mol. The molecule has 2 heterocycles. The van der Waals surface area contributed by atoms with Gasteiger partial charge in [0.1, 0.15) is 12.3 Å². The highest BCUT2D eigenvalue weighted by Gasteiger charge is 2.22. The first-order valence-corrected chi connectivity index (χ1v) is 12.9. The van der Waals surface area contributed by atoms with Crippen LogP contribution in [0, 0.1) is 0 Å². The molecule has 1 aromatic heterocycles. The highest BCUT2D eigenvalue weighted by molar-refractivity contribution is 7.13. The highest BCUT2D eigenvalue weighted by Crippen LogP contribution is 2.21. The number of benzene rings is 2. The maximum atomic E-state index is 13.0. The van der Waals surface area contributed by atoms with E-state index in [9.17, 15) is 14.4 Å². The van der Waals surface area contributed by atoms with Crippen molar-refractivity contribution in [3.05, 3.63) is 76.3 Å². The van der Waals surface area contributed by atoms with E-state index in [1.54, 1.807) is 36.8 Å². The zero-order chi connectivity index (χ0) is 26.2. The maximum absolute atomic E-state index is 13.0. The molecular formula is C27H30N4O5S. The quantitative estimate of drug-likeness (QED) is 0.439. The summed E-state index contributed by atoms with van der Waals surface area (Å²) >= 11 is 1.25. The molecule has 3 amide bonds. The third kappa shape index (κ3) is 6.93. The molecule has 9 nitrogen and oxygen atoms in total. The van der Waals surface area contributed by atoms with Gasteiger partial charge >= 0.3 is 0 Å². The predicted molar refractivity (Wildman–Crippen MR) is 141 cm³/mol. The third-order valence-electron chi connectivity index (χ3n) is 6.14. The Morgan fingerprint density at radius 3 is 2.57 bits per heavy atom. The van der Waals surface area contributed by atoms with Gasteiger partial charge < -0.3 is 24.6 Å². The molecule has 0 unspecified atom stereocenters. The topological polar surface area (TPSA) is 101 Å². The molecule has 3 aromatic rings. The lowest BCUT2D eigenvalue weighted by Gasteiger charge is -2.28. The van der Waals surface area contributed by atoms with Gasteiger partial charge in [0.25, 0.3) is 5.91 Å². The summed E-state index contributed by atoms with van der Waals surface area (Å²) in [5.41, 5.74) is 3.51. The molecule has 10 heteroatoms. The van der Waals surface area contributed by atoms with Crippen LogP contribution < -0.4 is 10.1 Å². The molecule has 0 fully saturated rings. The van der Waals surface area contributed by atoms with Crippen LogP contribution in [0.2, 0.25) is 0 Å². The van der Waals surface area contributed by atoms with Crippen LogP contribution in [0.5, 0.6) is 5.75 Å². The maximum Gasteiger partial charge on any atom is 0.254 e. The van der Waals surface area contributed by atoms with Crippen molar-refractivity contribution in [1.29, 1.82) is 0 Å². The molecule has 0 saturated heterocycles. The van der Waals surface area contributed by atoms with Crippen molar-refractivity contribution >= 4 is 34.2 Å². The van der Waals surface area contributed by atoms with Gasteiger partial charge in [-0.1, -0.05) is 24.3 Å². The predicted octanol–water partition coefficient (Wildman–Crippen LogP) is 3.01. The van der Waals surface area contributed by atoms with Crippen LogP contribution >= 0.6 is 11.3 Å². The van der Waals surface area contributed by atoms with E-state index in [0.29, 0.717) is 41.8 Å². The van der Waals surface area contributed by atoms with Crippen LogP contribution in [0.3, 0.4) is 0 Å². The van der Waals surface area contributed by atoms with E-state index in [2.05, 4.69) is 22.4 Å². The Morgan fingerprint density at radius 1 is 1.08 bits per heavy atom. The van der Waals surface area contributed by atoms with E-state index in [1.165, 1.54) is 34.5 Å². The number of aromatic nitrogens is 1. The molecule has 37 heavy (non-hydrogen) atoms. The highest BCUT2D eigenvalue weighted by atomic mass is 32.1. The number of ether oxygens (including phenoxy) is 2. The normalized spacial score (nSPS) is 12.5. The molecule has 0 radical (unpaired) electrons. The van der Waals surface area contributed by atoms with Gasteiger partial charge in [0.2, 0.25) is 11.8 Å². The second-order valence-corrected chi connectivity index (χ2v) is 9.51. The van der Waals surface area contributed by atoms with Crippen molar-refractivity contribution in [3.63, 3.8) is 0 Å². The van der Waals surface area contributed by atoms with Crippen molar-refractivity contribution in [2.24, 2.45) is 0 Å². The van der Waals surface area contributed by atoms with Gasteiger partial charge in [-0.3, -0.25) is 14.4 Å². The van der Waals surface area contributed by atoms with E-state index in [1.807, 2.05) is 17.0 Å². The van der Waals surface area contributed by atoms with E-state index >= 15 is 0 Å². The molecule has 0 atom stereocenters. The summed E-state index contributed by atoms with van der Waals surface area (Å²) in [6.45, 7) is 1.67.